The molecule has 0 saturated carbocycles. The smallest absolute Gasteiger partial charge is 0.321 e. The van der Waals surface area contributed by atoms with Gasteiger partial charge in [-0.1, -0.05) is 18.2 Å². The van der Waals surface area contributed by atoms with Crippen molar-refractivity contribution in [3.05, 3.63) is 30.3 Å². The number of carbonyl (C=O) groups is 2. The van der Waals surface area contributed by atoms with Crippen LogP contribution in [-0.4, -0.2) is 49.1 Å². The molecule has 1 atom stereocenters. The standard InChI is InChI=1S/C17H24N4O2/c22-16(13-6-9-18-12-13)19-15-7-10-21(11-8-15)17(23)20-14-4-2-1-3-5-14/h1-5,13,15,18H,6-12H2,(H,19,22)(H,20,23). The first-order valence-corrected chi connectivity index (χ1v) is 8.34. The van der Waals surface area contributed by atoms with E-state index in [1.54, 1.807) is 0 Å². The fourth-order valence-corrected chi connectivity index (χ4v) is 3.15. The lowest BCUT2D eigenvalue weighted by Gasteiger charge is -2.32. The van der Waals surface area contributed by atoms with E-state index >= 15 is 0 Å². The molecule has 2 fully saturated rings. The number of anilines is 1. The zero-order valence-corrected chi connectivity index (χ0v) is 13.3. The Bertz CT molecular complexity index is 535. The number of para-hydroxylation sites is 1. The van der Waals surface area contributed by atoms with E-state index in [9.17, 15) is 9.59 Å². The average Bonchev–Trinajstić information content (AvgIpc) is 3.11. The summed E-state index contributed by atoms with van der Waals surface area (Å²) in [5, 5.41) is 9.25. The maximum Gasteiger partial charge on any atom is 0.321 e. The highest BCUT2D eigenvalue weighted by Crippen LogP contribution is 2.15. The Morgan fingerprint density at radius 1 is 1.09 bits per heavy atom. The predicted octanol–water partition coefficient (Wildman–Crippen LogP) is 1.41. The van der Waals surface area contributed by atoms with Gasteiger partial charge < -0.3 is 20.9 Å². The summed E-state index contributed by atoms with van der Waals surface area (Å²) in [6.45, 7) is 3.05. The highest BCUT2D eigenvalue weighted by atomic mass is 16.2. The first-order valence-electron chi connectivity index (χ1n) is 8.34. The van der Waals surface area contributed by atoms with Gasteiger partial charge in [-0.2, -0.15) is 0 Å². The number of benzene rings is 1. The van der Waals surface area contributed by atoms with Crippen molar-refractivity contribution in [1.29, 1.82) is 0 Å². The number of piperidine rings is 1. The molecular formula is C17H24N4O2. The molecule has 0 aliphatic carbocycles. The van der Waals surface area contributed by atoms with Crippen molar-refractivity contribution < 1.29 is 9.59 Å². The van der Waals surface area contributed by atoms with Crippen LogP contribution in [0.2, 0.25) is 0 Å². The van der Waals surface area contributed by atoms with Crippen LogP contribution in [-0.2, 0) is 4.79 Å². The molecule has 1 aromatic rings. The summed E-state index contributed by atoms with van der Waals surface area (Å²) >= 11 is 0. The fourth-order valence-electron chi connectivity index (χ4n) is 3.15. The van der Waals surface area contributed by atoms with Crippen LogP contribution >= 0.6 is 0 Å². The second-order valence-corrected chi connectivity index (χ2v) is 6.26. The van der Waals surface area contributed by atoms with E-state index < -0.39 is 0 Å². The van der Waals surface area contributed by atoms with Gasteiger partial charge in [-0.25, -0.2) is 4.79 Å². The summed E-state index contributed by atoms with van der Waals surface area (Å²) in [4.78, 5) is 26.2. The lowest BCUT2D eigenvalue weighted by molar-refractivity contribution is -0.125. The Hall–Kier alpha value is -2.08. The largest absolute Gasteiger partial charge is 0.353 e. The van der Waals surface area contributed by atoms with Gasteiger partial charge in [0.2, 0.25) is 5.91 Å². The third-order valence-corrected chi connectivity index (χ3v) is 4.58. The predicted molar refractivity (Wildman–Crippen MR) is 89.2 cm³/mol. The van der Waals surface area contributed by atoms with Crippen molar-refractivity contribution >= 4 is 17.6 Å². The molecule has 6 nitrogen and oxygen atoms in total. The maximum absolute atomic E-state index is 12.2. The van der Waals surface area contributed by atoms with Gasteiger partial charge in [-0.05, 0) is 37.9 Å². The summed E-state index contributed by atoms with van der Waals surface area (Å²) in [6.07, 6.45) is 2.55. The van der Waals surface area contributed by atoms with E-state index in [2.05, 4.69) is 16.0 Å². The van der Waals surface area contributed by atoms with E-state index in [1.807, 2.05) is 35.2 Å². The Kier molecular flexibility index (Phi) is 5.12. The number of nitrogens with zero attached hydrogens (tertiary/aromatic N) is 1. The van der Waals surface area contributed by atoms with Gasteiger partial charge in [0, 0.05) is 31.4 Å². The van der Waals surface area contributed by atoms with E-state index in [4.69, 9.17) is 0 Å². The lowest BCUT2D eigenvalue weighted by atomic mass is 10.0. The van der Waals surface area contributed by atoms with Crippen LogP contribution in [0.5, 0.6) is 0 Å². The van der Waals surface area contributed by atoms with E-state index in [1.165, 1.54) is 0 Å². The summed E-state index contributed by atoms with van der Waals surface area (Å²) in [5.74, 6) is 0.261. The number of hydrogen-bond donors (Lipinski definition) is 3. The van der Waals surface area contributed by atoms with Gasteiger partial charge in [0.1, 0.15) is 0 Å². The van der Waals surface area contributed by atoms with Crippen LogP contribution < -0.4 is 16.0 Å². The molecule has 23 heavy (non-hydrogen) atoms. The van der Waals surface area contributed by atoms with Gasteiger partial charge >= 0.3 is 6.03 Å². The number of rotatable bonds is 3. The van der Waals surface area contributed by atoms with Crippen molar-refractivity contribution in [3.63, 3.8) is 0 Å². The zero-order chi connectivity index (χ0) is 16.1. The van der Waals surface area contributed by atoms with Crippen LogP contribution in [0.3, 0.4) is 0 Å². The van der Waals surface area contributed by atoms with E-state index in [-0.39, 0.29) is 23.9 Å². The number of hydrogen-bond acceptors (Lipinski definition) is 3. The molecule has 6 heteroatoms. The minimum absolute atomic E-state index is 0.0685. The van der Waals surface area contributed by atoms with E-state index in [0.29, 0.717) is 13.1 Å². The number of amides is 3. The van der Waals surface area contributed by atoms with E-state index in [0.717, 1.165) is 38.0 Å². The van der Waals surface area contributed by atoms with Crippen molar-refractivity contribution in [1.82, 2.24) is 15.5 Å². The van der Waals surface area contributed by atoms with Gasteiger partial charge in [0.05, 0.1) is 5.92 Å². The molecule has 0 spiro atoms. The molecule has 2 saturated heterocycles. The highest BCUT2D eigenvalue weighted by molar-refractivity contribution is 5.89. The summed E-state index contributed by atoms with van der Waals surface area (Å²) in [7, 11) is 0. The molecule has 2 aliphatic rings. The highest BCUT2D eigenvalue weighted by Gasteiger charge is 2.27. The average molecular weight is 316 g/mol. The fraction of sp³-hybridized carbons (Fsp3) is 0.529. The minimum atomic E-state index is -0.0685. The van der Waals surface area contributed by atoms with Crippen LogP contribution in [0.1, 0.15) is 19.3 Å². The number of likely N-dealkylation sites (tertiary alicyclic amines) is 1. The second kappa shape index (κ2) is 7.46. The molecule has 1 unspecified atom stereocenters. The molecule has 3 amide bonds. The third kappa shape index (κ3) is 4.22. The quantitative estimate of drug-likeness (QED) is 0.789. The number of urea groups is 1. The Morgan fingerprint density at radius 2 is 1.83 bits per heavy atom. The molecule has 124 valence electrons. The Balaban J connectivity index is 1.42. The minimum Gasteiger partial charge on any atom is -0.353 e. The normalized spacial score (nSPS) is 21.9. The van der Waals surface area contributed by atoms with Crippen molar-refractivity contribution in [3.8, 4) is 0 Å². The lowest BCUT2D eigenvalue weighted by Crippen LogP contribution is -2.49. The van der Waals surface area contributed by atoms with Crippen molar-refractivity contribution in [2.45, 2.75) is 25.3 Å². The van der Waals surface area contributed by atoms with Gasteiger partial charge in [-0.15, -0.1) is 0 Å². The van der Waals surface area contributed by atoms with Crippen molar-refractivity contribution in [2.24, 2.45) is 5.92 Å². The molecular weight excluding hydrogens is 292 g/mol. The summed E-state index contributed by atoms with van der Waals surface area (Å²) < 4.78 is 0. The molecule has 3 rings (SSSR count). The SMILES string of the molecule is O=C(NC1CCN(C(=O)Nc2ccccc2)CC1)C1CCNC1. The van der Waals surface area contributed by atoms with Gasteiger partial charge in [-0.3, -0.25) is 4.79 Å². The van der Waals surface area contributed by atoms with Gasteiger partial charge in [0.15, 0.2) is 0 Å². The first kappa shape index (κ1) is 15.8. The first-order chi connectivity index (χ1) is 11.2. The molecule has 0 aromatic heterocycles. The van der Waals surface area contributed by atoms with Crippen LogP contribution in [0.25, 0.3) is 0 Å². The molecule has 2 heterocycles. The van der Waals surface area contributed by atoms with Crippen molar-refractivity contribution in [2.75, 3.05) is 31.5 Å². The molecule has 2 aliphatic heterocycles. The van der Waals surface area contributed by atoms with Crippen LogP contribution in [0, 0.1) is 5.92 Å². The Labute approximate surface area is 136 Å². The maximum atomic E-state index is 12.2. The summed E-state index contributed by atoms with van der Waals surface area (Å²) in [5.41, 5.74) is 0.807. The monoisotopic (exact) mass is 316 g/mol. The number of nitrogens with one attached hydrogen (secondary N) is 3. The van der Waals surface area contributed by atoms with Crippen LogP contribution in [0.15, 0.2) is 30.3 Å². The Morgan fingerprint density at radius 3 is 2.48 bits per heavy atom. The summed E-state index contributed by atoms with van der Waals surface area (Å²) in [6, 6.07) is 9.58. The zero-order valence-electron chi connectivity index (χ0n) is 13.3. The van der Waals surface area contributed by atoms with Gasteiger partial charge in [0.25, 0.3) is 0 Å². The van der Waals surface area contributed by atoms with Crippen LogP contribution in [0.4, 0.5) is 10.5 Å². The molecule has 0 radical (unpaired) electrons. The molecule has 0 bridgehead atoms. The number of carbonyl (C=O) groups excluding carboxylic acids is 2. The topological polar surface area (TPSA) is 73.5 Å². The second-order valence-electron chi connectivity index (χ2n) is 6.26. The third-order valence-electron chi connectivity index (χ3n) is 4.58. The molecule has 1 aromatic carbocycles. The molecule has 3 N–H and O–H groups in total.